The van der Waals surface area contributed by atoms with Crippen LogP contribution >= 0.6 is 0 Å². The summed E-state index contributed by atoms with van der Waals surface area (Å²) in [6.07, 6.45) is 0. The lowest BCUT2D eigenvalue weighted by atomic mass is 10.2. The third-order valence-corrected chi connectivity index (χ3v) is 3.79. The van der Waals surface area contributed by atoms with Crippen molar-refractivity contribution >= 4 is 17.4 Å². The van der Waals surface area contributed by atoms with E-state index in [1.807, 2.05) is 6.07 Å². The summed E-state index contributed by atoms with van der Waals surface area (Å²) >= 11 is 0. The number of benzene rings is 2. The fourth-order valence-electron chi connectivity index (χ4n) is 2.42. The molecule has 3 N–H and O–H groups in total. The SMILES string of the molecule is COc1ccc(CNC(=O)c2n[nH]nc2Nc2ccccc2F)cc1OC. The molecule has 0 saturated heterocycles. The molecule has 0 saturated carbocycles. The van der Waals surface area contributed by atoms with Crippen LogP contribution in [-0.4, -0.2) is 35.5 Å². The van der Waals surface area contributed by atoms with Crippen LogP contribution in [0.5, 0.6) is 11.5 Å². The smallest absolute Gasteiger partial charge is 0.275 e. The Balaban J connectivity index is 1.69. The summed E-state index contributed by atoms with van der Waals surface area (Å²) in [5, 5.41) is 15.6. The number of aromatic amines is 1. The van der Waals surface area contributed by atoms with Crippen molar-refractivity contribution in [2.75, 3.05) is 19.5 Å². The first-order valence-corrected chi connectivity index (χ1v) is 8.03. The number of rotatable bonds is 7. The van der Waals surface area contributed by atoms with E-state index in [2.05, 4.69) is 26.0 Å². The standard InChI is InChI=1S/C18H18FN5O3/c1-26-14-8-7-11(9-15(14)27-2)10-20-18(25)16-17(23-24-22-16)21-13-6-4-3-5-12(13)19/h3-9H,10H2,1-2H3,(H,20,25)(H2,21,22,23,24). The normalized spacial score (nSPS) is 10.3. The van der Waals surface area contributed by atoms with E-state index in [-0.39, 0.29) is 23.7 Å². The van der Waals surface area contributed by atoms with Crippen molar-refractivity contribution in [1.82, 2.24) is 20.7 Å². The number of para-hydroxylation sites is 1. The zero-order valence-corrected chi connectivity index (χ0v) is 14.7. The summed E-state index contributed by atoms with van der Waals surface area (Å²) in [6.45, 7) is 0.241. The number of carbonyl (C=O) groups excluding carboxylic acids is 1. The Labute approximate surface area is 154 Å². The molecule has 0 aliphatic carbocycles. The van der Waals surface area contributed by atoms with E-state index >= 15 is 0 Å². The first kappa shape index (κ1) is 18.2. The average Bonchev–Trinajstić information content (AvgIpc) is 3.16. The predicted octanol–water partition coefficient (Wildman–Crippen LogP) is 2.63. The topological polar surface area (TPSA) is 101 Å². The second kappa shape index (κ2) is 8.17. The van der Waals surface area contributed by atoms with Crippen LogP contribution in [0.25, 0.3) is 0 Å². The summed E-state index contributed by atoms with van der Waals surface area (Å²) < 4.78 is 24.2. The molecule has 0 aliphatic rings. The number of amides is 1. The highest BCUT2D eigenvalue weighted by molar-refractivity contribution is 5.97. The molecule has 1 aromatic heterocycles. The molecule has 0 bridgehead atoms. The van der Waals surface area contributed by atoms with Crippen molar-refractivity contribution in [2.24, 2.45) is 0 Å². The van der Waals surface area contributed by atoms with Crippen LogP contribution in [-0.2, 0) is 6.54 Å². The van der Waals surface area contributed by atoms with Crippen molar-refractivity contribution in [2.45, 2.75) is 6.54 Å². The van der Waals surface area contributed by atoms with Gasteiger partial charge in [0, 0.05) is 6.54 Å². The van der Waals surface area contributed by atoms with Gasteiger partial charge in [0.2, 0.25) is 0 Å². The number of methoxy groups -OCH3 is 2. The number of halogens is 1. The Kier molecular flexibility index (Phi) is 5.50. The third kappa shape index (κ3) is 4.14. The van der Waals surface area contributed by atoms with Gasteiger partial charge in [0.15, 0.2) is 23.0 Å². The third-order valence-electron chi connectivity index (χ3n) is 3.79. The molecule has 1 heterocycles. The molecular formula is C18H18FN5O3. The number of aromatic nitrogens is 3. The number of ether oxygens (including phenoxy) is 2. The summed E-state index contributed by atoms with van der Waals surface area (Å²) in [6, 6.07) is 11.4. The van der Waals surface area contributed by atoms with Crippen LogP contribution in [0.4, 0.5) is 15.9 Å². The van der Waals surface area contributed by atoms with Gasteiger partial charge in [-0.2, -0.15) is 5.21 Å². The average molecular weight is 371 g/mol. The Bertz CT molecular complexity index is 944. The Morgan fingerprint density at radius 1 is 1.11 bits per heavy atom. The van der Waals surface area contributed by atoms with Crippen molar-refractivity contribution < 1.29 is 18.7 Å². The number of H-pyrrole nitrogens is 1. The quantitative estimate of drug-likeness (QED) is 0.590. The maximum absolute atomic E-state index is 13.8. The number of hydrogen-bond acceptors (Lipinski definition) is 6. The van der Waals surface area contributed by atoms with Crippen LogP contribution in [0.15, 0.2) is 42.5 Å². The molecule has 8 nitrogen and oxygen atoms in total. The minimum atomic E-state index is -0.461. The molecule has 0 unspecified atom stereocenters. The lowest BCUT2D eigenvalue weighted by molar-refractivity contribution is 0.0946. The van der Waals surface area contributed by atoms with Crippen LogP contribution in [0, 0.1) is 5.82 Å². The lowest BCUT2D eigenvalue weighted by Gasteiger charge is -2.10. The summed E-state index contributed by atoms with van der Waals surface area (Å²) in [4.78, 5) is 12.4. The van der Waals surface area contributed by atoms with Crippen molar-refractivity contribution in [3.05, 3.63) is 59.5 Å². The number of nitrogens with one attached hydrogen (secondary N) is 3. The van der Waals surface area contributed by atoms with Gasteiger partial charge in [0.25, 0.3) is 5.91 Å². The van der Waals surface area contributed by atoms with Gasteiger partial charge in [-0.1, -0.05) is 18.2 Å². The van der Waals surface area contributed by atoms with Crippen molar-refractivity contribution in [1.29, 1.82) is 0 Å². The predicted molar refractivity (Wildman–Crippen MR) is 96.8 cm³/mol. The van der Waals surface area contributed by atoms with Crippen LogP contribution < -0.4 is 20.1 Å². The van der Waals surface area contributed by atoms with E-state index < -0.39 is 11.7 Å². The fourth-order valence-corrected chi connectivity index (χ4v) is 2.42. The first-order chi connectivity index (χ1) is 13.1. The summed E-state index contributed by atoms with van der Waals surface area (Å²) in [7, 11) is 3.09. The van der Waals surface area contributed by atoms with Crippen LogP contribution in [0.1, 0.15) is 16.1 Å². The second-order valence-electron chi connectivity index (χ2n) is 5.50. The van der Waals surface area contributed by atoms with E-state index in [4.69, 9.17) is 9.47 Å². The van der Waals surface area contributed by atoms with Crippen molar-refractivity contribution in [3.8, 4) is 11.5 Å². The number of nitrogens with zero attached hydrogens (tertiary/aromatic N) is 2. The van der Waals surface area contributed by atoms with E-state index in [1.54, 1.807) is 31.4 Å². The summed E-state index contributed by atoms with van der Waals surface area (Å²) in [5.74, 6) is 0.368. The van der Waals surface area contributed by atoms with Gasteiger partial charge in [0.05, 0.1) is 19.9 Å². The first-order valence-electron chi connectivity index (χ1n) is 8.03. The molecule has 27 heavy (non-hydrogen) atoms. The van der Waals surface area contributed by atoms with E-state index in [0.29, 0.717) is 11.5 Å². The molecule has 0 radical (unpaired) electrons. The van der Waals surface area contributed by atoms with E-state index in [0.717, 1.165) is 5.56 Å². The highest BCUT2D eigenvalue weighted by atomic mass is 19.1. The molecule has 0 aliphatic heterocycles. The van der Waals surface area contributed by atoms with E-state index in [1.165, 1.54) is 19.2 Å². The van der Waals surface area contributed by atoms with Gasteiger partial charge >= 0.3 is 0 Å². The maximum Gasteiger partial charge on any atom is 0.275 e. The fraction of sp³-hybridized carbons (Fsp3) is 0.167. The van der Waals surface area contributed by atoms with Crippen LogP contribution in [0.2, 0.25) is 0 Å². The molecule has 9 heteroatoms. The van der Waals surface area contributed by atoms with E-state index in [9.17, 15) is 9.18 Å². The molecule has 0 atom stereocenters. The van der Waals surface area contributed by atoms with Gasteiger partial charge in [-0.3, -0.25) is 4.79 Å². The lowest BCUT2D eigenvalue weighted by Crippen LogP contribution is -2.24. The number of anilines is 2. The maximum atomic E-state index is 13.8. The van der Waals surface area contributed by atoms with Crippen LogP contribution in [0.3, 0.4) is 0 Å². The highest BCUT2D eigenvalue weighted by Crippen LogP contribution is 2.27. The zero-order chi connectivity index (χ0) is 19.2. The molecule has 2 aromatic carbocycles. The minimum absolute atomic E-state index is 0.0266. The Morgan fingerprint density at radius 3 is 2.63 bits per heavy atom. The molecule has 3 aromatic rings. The van der Waals surface area contributed by atoms with Gasteiger partial charge < -0.3 is 20.1 Å². The van der Waals surface area contributed by atoms with Gasteiger partial charge in [-0.25, -0.2) is 4.39 Å². The number of carbonyl (C=O) groups is 1. The van der Waals surface area contributed by atoms with Gasteiger partial charge in [-0.05, 0) is 29.8 Å². The zero-order valence-electron chi connectivity index (χ0n) is 14.7. The Morgan fingerprint density at radius 2 is 1.89 bits per heavy atom. The molecule has 1 amide bonds. The minimum Gasteiger partial charge on any atom is -0.493 e. The molecule has 3 rings (SSSR count). The number of hydrogen-bond donors (Lipinski definition) is 3. The molecular weight excluding hydrogens is 353 g/mol. The second-order valence-corrected chi connectivity index (χ2v) is 5.50. The monoisotopic (exact) mass is 371 g/mol. The van der Waals surface area contributed by atoms with Gasteiger partial charge in [-0.15, -0.1) is 10.2 Å². The Hall–Kier alpha value is -3.62. The largest absolute Gasteiger partial charge is 0.493 e. The van der Waals surface area contributed by atoms with Crippen molar-refractivity contribution in [3.63, 3.8) is 0 Å². The van der Waals surface area contributed by atoms with Gasteiger partial charge in [0.1, 0.15) is 5.82 Å². The molecule has 0 spiro atoms. The highest BCUT2D eigenvalue weighted by Gasteiger charge is 2.17. The molecule has 140 valence electrons. The summed E-state index contributed by atoms with van der Waals surface area (Å²) in [5.41, 5.74) is 1.03. The molecule has 0 fully saturated rings.